The van der Waals surface area contributed by atoms with E-state index in [4.69, 9.17) is 4.74 Å². The van der Waals surface area contributed by atoms with Crippen molar-refractivity contribution in [1.82, 2.24) is 14.8 Å². The molecule has 4 aromatic rings. The molecule has 0 saturated heterocycles. The highest BCUT2D eigenvalue weighted by atomic mass is 32.1. The molecule has 10 heteroatoms. The van der Waals surface area contributed by atoms with Crippen LogP contribution in [0, 0.1) is 10.1 Å². The van der Waals surface area contributed by atoms with Crippen LogP contribution in [0.3, 0.4) is 0 Å². The molecular weight excluding hydrogens is 406 g/mol. The van der Waals surface area contributed by atoms with Crippen LogP contribution >= 0.6 is 11.3 Å². The van der Waals surface area contributed by atoms with Crippen LogP contribution in [0.4, 0.5) is 10.8 Å². The van der Waals surface area contributed by atoms with Crippen LogP contribution in [0.25, 0.3) is 16.9 Å². The van der Waals surface area contributed by atoms with E-state index in [0.717, 1.165) is 5.69 Å². The number of nitro groups is 1. The molecule has 2 aromatic carbocycles. The zero-order valence-electron chi connectivity index (χ0n) is 15.7. The van der Waals surface area contributed by atoms with Crippen LogP contribution in [0.15, 0.2) is 66.3 Å². The van der Waals surface area contributed by atoms with Crippen LogP contribution in [-0.2, 0) is 0 Å². The summed E-state index contributed by atoms with van der Waals surface area (Å²) < 4.78 is 6.62. The van der Waals surface area contributed by atoms with Crippen molar-refractivity contribution in [2.45, 2.75) is 0 Å². The zero-order chi connectivity index (χ0) is 21.1. The van der Waals surface area contributed by atoms with E-state index in [9.17, 15) is 14.9 Å². The summed E-state index contributed by atoms with van der Waals surface area (Å²) in [5, 5.41) is 20.9. The van der Waals surface area contributed by atoms with Gasteiger partial charge in [0, 0.05) is 29.4 Å². The number of carbonyl (C=O) groups is 1. The number of thiazole rings is 1. The van der Waals surface area contributed by atoms with Gasteiger partial charge in [0.1, 0.15) is 5.69 Å². The highest BCUT2D eigenvalue weighted by Crippen LogP contribution is 2.33. The van der Waals surface area contributed by atoms with Gasteiger partial charge in [-0.2, -0.15) is 5.10 Å². The van der Waals surface area contributed by atoms with Crippen LogP contribution in [0.2, 0.25) is 0 Å². The first-order chi connectivity index (χ1) is 14.6. The molecule has 1 N–H and O–H groups in total. The fraction of sp³-hybridized carbons (Fsp3) is 0.0500. The average molecular weight is 421 g/mol. The highest BCUT2D eigenvalue weighted by Gasteiger charge is 2.23. The van der Waals surface area contributed by atoms with Crippen molar-refractivity contribution in [2.24, 2.45) is 0 Å². The van der Waals surface area contributed by atoms with Gasteiger partial charge in [0.25, 0.3) is 5.91 Å². The van der Waals surface area contributed by atoms with Gasteiger partial charge in [0.2, 0.25) is 0 Å². The molecule has 0 bridgehead atoms. The Morgan fingerprint density at radius 1 is 1.23 bits per heavy atom. The summed E-state index contributed by atoms with van der Waals surface area (Å²) in [4.78, 5) is 27.9. The van der Waals surface area contributed by atoms with Crippen molar-refractivity contribution in [3.05, 3.63) is 82.0 Å². The zero-order valence-corrected chi connectivity index (χ0v) is 16.5. The molecule has 9 nitrogen and oxygen atoms in total. The predicted molar refractivity (Wildman–Crippen MR) is 112 cm³/mol. The quantitative estimate of drug-likeness (QED) is 0.369. The number of para-hydroxylation sites is 1. The molecule has 2 aromatic heterocycles. The Bertz CT molecular complexity index is 1210. The van der Waals surface area contributed by atoms with E-state index in [1.807, 2.05) is 30.3 Å². The minimum Gasteiger partial charge on any atom is -0.490 e. The molecule has 0 saturated carbocycles. The minimum atomic E-state index is -0.536. The van der Waals surface area contributed by atoms with Gasteiger partial charge in [-0.05, 0) is 24.3 Å². The summed E-state index contributed by atoms with van der Waals surface area (Å²) in [6, 6.07) is 13.7. The van der Waals surface area contributed by atoms with E-state index in [-0.39, 0.29) is 17.0 Å². The van der Waals surface area contributed by atoms with Gasteiger partial charge in [0.15, 0.2) is 10.9 Å². The summed E-state index contributed by atoms with van der Waals surface area (Å²) in [6.45, 7) is 0. The fourth-order valence-corrected chi connectivity index (χ4v) is 3.42. The molecule has 0 aliphatic rings. The molecule has 150 valence electrons. The number of carbonyl (C=O) groups excluding carboxylic acids is 1. The smallest absolute Gasteiger partial charge is 0.311 e. The van der Waals surface area contributed by atoms with Crippen molar-refractivity contribution < 1.29 is 14.5 Å². The lowest BCUT2D eigenvalue weighted by Gasteiger charge is -2.05. The number of anilines is 1. The van der Waals surface area contributed by atoms with Gasteiger partial charge >= 0.3 is 5.69 Å². The number of ether oxygens (including phenoxy) is 1. The largest absolute Gasteiger partial charge is 0.490 e. The SMILES string of the molecule is COc1ccc(-c2nn(-c3ccccc3)cc2C(=O)Nc2nccs2)cc1[N+](=O)[O-]. The first-order valence-corrected chi connectivity index (χ1v) is 9.63. The topological polar surface area (TPSA) is 112 Å². The summed E-state index contributed by atoms with van der Waals surface area (Å²) in [5.41, 5.74) is 1.51. The van der Waals surface area contributed by atoms with Gasteiger partial charge in [-0.15, -0.1) is 11.3 Å². The first kappa shape index (κ1) is 19.3. The molecule has 0 radical (unpaired) electrons. The molecule has 2 heterocycles. The number of amides is 1. The molecular formula is C20H15N5O4S. The molecule has 0 aliphatic heterocycles. The van der Waals surface area contributed by atoms with E-state index < -0.39 is 10.8 Å². The number of nitrogens with one attached hydrogen (secondary N) is 1. The lowest BCUT2D eigenvalue weighted by molar-refractivity contribution is -0.385. The van der Waals surface area contributed by atoms with Gasteiger partial charge < -0.3 is 4.74 Å². The summed E-state index contributed by atoms with van der Waals surface area (Å²) in [5.74, 6) is -0.291. The molecule has 0 unspecified atom stereocenters. The summed E-state index contributed by atoms with van der Waals surface area (Å²) >= 11 is 1.29. The second-order valence-electron chi connectivity index (χ2n) is 6.11. The molecule has 4 rings (SSSR count). The standard InChI is InChI=1S/C20H15N5O4S/c1-29-17-8-7-13(11-16(17)25(27)28)18-15(19(26)22-20-21-9-10-30-20)12-24(23-18)14-5-3-2-4-6-14/h2-12H,1H3,(H,21,22,26). The number of aromatic nitrogens is 3. The second-order valence-corrected chi connectivity index (χ2v) is 7.00. The van der Waals surface area contributed by atoms with Crippen molar-refractivity contribution in [3.8, 4) is 22.7 Å². The van der Waals surface area contributed by atoms with Gasteiger partial charge in [-0.25, -0.2) is 9.67 Å². The van der Waals surface area contributed by atoms with Crippen molar-refractivity contribution in [2.75, 3.05) is 12.4 Å². The molecule has 0 aliphatic carbocycles. The third-order valence-electron chi connectivity index (χ3n) is 4.28. The molecule has 30 heavy (non-hydrogen) atoms. The second kappa shape index (κ2) is 8.13. The summed E-state index contributed by atoms with van der Waals surface area (Å²) in [7, 11) is 1.36. The Balaban J connectivity index is 1.83. The van der Waals surface area contributed by atoms with E-state index >= 15 is 0 Å². The normalized spacial score (nSPS) is 10.6. The maximum absolute atomic E-state index is 12.9. The third-order valence-corrected chi connectivity index (χ3v) is 4.97. The Labute approximate surface area is 174 Å². The average Bonchev–Trinajstić information content (AvgIpc) is 3.44. The molecule has 0 atom stereocenters. The number of methoxy groups -OCH3 is 1. The Kier molecular flexibility index (Phi) is 5.22. The van der Waals surface area contributed by atoms with E-state index in [1.54, 1.807) is 28.5 Å². The number of hydrogen-bond acceptors (Lipinski definition) is 7. The maximum atomic E-state index is 12.9. The van der Waals surface area contributed by atoms with Crippen LogP contribution in [0.5, 0.6) is 5.75 Å². The van der Waals surface area contributed by atoms with Crippen molar-refractivity contribution in [1.29, 1.82) is 0 Å². The number of nitro benzene ring substituents is 1. The highest BCUT2D eigenvalue weighted by molar-refractivity contribution is 7.13. The van der Waals surface area contributed by atoms with Gasteiger partial charge in [-0.1, -0.05) is 18.2 Å². The monoisotopic (exact) mass is 421 g/mol. The predicted octanol–water partition coefficient (Wildman–Crippen LogP) is 4.16. The Morgan fingerprint density at radius 3 is 2.70 bits per heavy atom. The fourth-order valence-electron chi connectivity index (χ4n) is 2.90. The minimum absolute atomic E-state index is 0.125. The lowest BCUT2D eigenvalue weighted by atomic mass is 10.1. The van der Waals surface area contributed by atoms with Crippen LogP contribution in [-0.4, -0.2) is 32.7 Å². The van der Waals surface area contributed by atoms with Gasteiger partial charge in [0.05, 0.1) is 23.3 Å². The Hall–Kier alpha value is -4.05. The number of rotatable bonds is 6. The number of hydrogen-bond donors (Lipinski definition) is 1. The van der Waals surface area contributed by atoms with Crippen LogP contribution in [0.1, 0.15) is 10.4 Å². The summed E-state index contributed by atoms with van der Waals surface area (Å²) in [6.07, 6.45) is 3.17. The maximum Gasteiger partial charge on any atom is 0.311 e. The number of benzene rings is 2. The lowest BCUT2D eigenvalue weighted by Crippen LogP contribution is -2.12. The number of nitrogens with zero attached hydrogens (tertiary/aromatic N) is 4. The molecule has 0 spiro atoms. The van der Waals surface area contributed by atoms with E-state index in [0.29, 0.717) is 16.4 Å². The van der Waals surface area contributed by atoms with Crippen LogP contribution < -0.4 is 10.1 Å². The third kappa shape index (κ3) is 3.76. The van der Waals surface area contributed by atoms with Crippen molar-refractivity contribution >= 4 is 28.1 Å². The Morgan fingerprint density at radius 2 is 2.03 bits per heavy atom. The first-order valence-electron chi connectivity index (χ1n) is 8.75. The molecule has 0 fully saturated rings. The van der Waals surface area contributed by atoms with Gasteiger partial charge in [-0.3, -0.25) is 20.2 Å². The molecule has 1 amide bonds. The van der Waals surface area contributed by atoms with E-state index in [1.165, 1.54) is 30.6 Å². The van der Waals surface area contributed by atoms with Crippen molar-refractivity contribution in [3.63, 3.8) is 0 Å². The van der Waals surface area contributed by atoms with E-state index in [2.05, 4.69) is 15.4 Å².